The SMILES string of the molecule is C=CCN(CCO)C(=O)c1ccc(-n2ccnc2)nc1. The summed E-state index contributed by atoms with van der Waals surface area (Å²) in [5, 5.41) is 8.97. The van der Waals surface area contributed by atoms with Gasteiger partial charge in [-0.3, -0.25) is 9.36 Å². The largest absolute Gasteiger partial charge is 0.395 e. The Balaban J connectivity index is 2.16. The van der Waals surface area contributed by atoms with Crippen LogP contribution in [0.15, 0.2) is 49.7 Å². The molecule has 0 fully saturated rings. The van der Waals surface area contributed by atoms with E-state index in [1.165, 1.54) is 11.1 Å². The number of aliphatic hydroxyl groups excluding tert-OH is 1. The van der Waals surface area contributed by atoms with Gasteiger partial charge in [0.1, 0.15) is 12.1 Å². The van der Waals surface area contributed by atoms with Crippen LogP contribution in [0.2, 0.25) is 0 Å². The van der Waals surface area contributed by atoms with E-state index in [0.717, 1.165) is 0 Å². The Morgan fingerprint density at radius 1 is 1.50 bits per heavy atom. The van der Waals surface area contributed by atoms with E-state index in [4.69, 9.17) is 5.11 Å². The van der Waals surface area contributed by atoms with Crippen molar-refractivity contribution in [3.63, 3.8) is 0 Å². The summed E-state index contributed by atoms with van der Waals surface area (Å²) in [6.45, 7) is 4.19. The number of carbonyl (C=O) groups is 1. The van der Waals surface area contributed by atoms with Crippen molar-refractivity contribution in [1.82, 2.24) is 19.4 Å². The lowest BCUT2D eigenvalue weighted by atomic mass is 10.2. The number of pyridine rings is 1. The third-order valence-electron chi connectivity index (χ3n) is 2.77. The molecule has 6 heteroatoms. The second-order valence-corrected chi connectivity index (χ2v) is 4.14. The van der Waals surface area contributed by atoms with Crippen molar-refractivity contribution in [3.05, 3.63) is 55.3 Å². The van der Waals surface area contributed by atoms with Gasteiger partial charge in [0, 0.05) is 31.7 Å². The van der Waals surface area contributed by atoms with E-state index < -0.39 is 0 Å². The van der Waals surface area contributed by atoms with Crippen molar-refractivity contribution < 1.29 is 9.90 Å². The zero-order chi connectivity index (χ0) is 14.4. The van der Waals surface area contributed by atoms with Gasteiger partial charge in [0.2, 0.25) is 0 Å². The van der Waals surface area contributed by atoms with Crippen LogP contribution in [-0.2, 0) is 0 Å². The lowest BCUT2D eigenvalue weighted by molar-refractivity contribution is 0.0742. The summed E-state index contributed by atoms with van der Waals surface area (Å²) >= 11 is 0. The number of carbonyl (C=O) groups excluding carboxylic acids is 1. The van der Waals surface area contributed by atoms with Crippen molar-refractivity contribution in [2.45, 2.75) is 0 Å². The Hall–Kier alpha value is -2.47. The Labute approximate surface area is 117 Å². The molecule has 0 spiro atoms. The minimum absolute atomic E-state index is 0.0832. The highest BCUT2D eigenvalue weighted by Gasteiger charge is 2.14. The molecular weight excluding hydrogens is 256 g/mol. The van der Waals surface area contributed by atoms with E-state index in [-0.39, 0.29) is 19.1 Å². The van der Waals surface area contributed by atoms with Crippen molar-refractivity contribution in [1.29, 1.82) is 0 Å². The molecule has 1 amide bonds. The topological polar surface area (TPSA) is 71.2 Å². The molecule has 2 rings (SSSR count). The monoisotopic (exact) mass is 272 g/mol. The minimum atomic E-state index is -0.177. The minimum Gasteiger partial charge on any atom is -0.395 e. The Kier molecular flexibility index (Phi) is 4.62. The lowest BCUT2D eigenvalue weighted by Crippen LogP contribution is -2.33. The zero-order valence-corrected chi connectivity index (χ0v) is 11.0. The maximum atomic E-state index is 12.2. The van der Waals surface area contributed by atoms with E-state index in [2.05, 4.69) is 16.5 Å². The summed E-state index contributed by atoms with van der Waals surface area (Å²) in [6.07, 6.45) is 8.22. The van der Waals surface area contributed by atoms with Crippen LogP contribution in [0.4, 0.5) is 0 Å². The Morgan fingerprint density at radius 2 is 2.35 bits per heavy atom. The highest BCUT2D eigenvalue weighted by molar-refractivity contribution is 5.94. The predicted octanol–water partition coefficient (Wildman–Crippen LogP) is 0.888. The van der Waals surface area contributed by atoms with Gasteiger partial charge in [0.05, 0.1) is 12.2 Å². The fraction of sp³-hybridized carbons (Fsp3) is 0.214. The van der Waals surface area contributed by atoms with Crippen molar-refractivity contribution in [2.24, 2.45) is 0 Å². The van der Waals surface area contributed by atoms with Gasteiger partial charge in [0.15, 0.2) is 0 Å². The molecule has 0 aliphatic carbocycles. The highest BCUT2D eigenvalue weighted by Crippen LogP contribution is 2.08. The number of imidazole rings is 1. The molecule has 104 valence electrons. The summed E-state index contributed by atoms with van der Waals surface area (Å²) in [5.74, 6) is 0.514. The van der Waals surface area contributed by atoms with Gasteiger partial charge in [-0.15, -0.1) is 6.58 Å². The van der Waals surface area contributed by atoms with E-state index in [0.29, 0.717) is 17.9 Å². The number of aliphatic hydroxyl groups is 1. The zero-order valence-electron chi connectivity index (χ0n) is 11.0. The fourth-order valence-electron chi connectivity index (χ4n) is 1.79. The molecule has 2 aromatic heterocycles. The third kappa shape index (κ3) is 3.10. The maximum absolute atomic E-state index is 12.2. The molecule has 0 unspecified atom stereocenters. The van der Waals surface area contributed by atoms with Crippen molar-refractivity contribution in [3.8, 4) is 5.82 Å². The summed E-state index contributed by atoms with van der Waals surface area (Å²) in [5.41, 5.74) is 0.476. The first-order chi connectivity index (χ1) is 9.76. The van der Waals surface area contributed by atoms with Gasteiger partial charge in [-0.05, 0) is 12.1 Å². The summed E-state index contributed by atoms with van der Waals surface area (Å²) < 4.78 is 1.75. The molecule has 6 nitrogen and oxygen atoms in total. The Morgan fingerprint density at radius 3 is 2.90 bits per heavy atom. The summed E-state index contributed by atoms with van der Waals surface area (Å²) in [6, 6.07) is 3.46. The summed E-state index contributed by atoms with van der Waals surface area (Å²) in [7, 11) is 0. The first kappa shape index (κ1) is 14.0. The second-order valence-electron chi connectivity index (χ2n) is 4.14. The molecular formula is C14H16N4O2. The molecule has 0 saturated carbocycles. The second kappa shape index (κ2) is 6.63. The molecule has 0 aliphatic heterocycles. The first-order valence-corrected chi connectivity index (χ1v) is 6.21. The Bertz CT molecular complexity index is 563. The van der Waals surface area contributed by atoms with Gasteiger partial charge in [0.25, 0.3) is 5.91 Å². The van der Waals surface area contributed by atoms with Crippen LogP contribution < -0.4 is 0 Å². The van der Waals surface area contributed by atoms with Crippen LogP contribution in [0.5, 0.6) is 0 Å². The molecule has 2 heterocycles. The van der Waals surface area contributed by atoms with Crippen LogP contribution >= 0.6 is 0 Å². The third-order valence-corrected chi connectivity index (χ3v) is 2.77. The normalized spacial score (nSPS) is 10.2. The predicted molar refractivity (Wildman–Crippen MR) is 74.5 cm³/mol. The van der Waals surface area contributed by atoms with Gasteiger partial charge >= 0.3 is 0 Å². The van der Waals surface area contributed by atoms with Crippen LogP contribution in [0.3, 0.4) is 0 Å². The van der Waals surface area contributed by atoms with Gasteiger partial charge in [-0.25, -0.2) is 9.97 Å². The molecule has 20 heavy (non-hydrogen) atoms. The number of aromatic nitrogens is 3. The van der Waals surface area contributed by atoms with Crippen LogP contribution in [0.1, 0.15) is 10.4 Å². The van der Waals surface area contributed by atoms with E-state index in [9.17, 15) is 4.79 Å². The molecule has 0 aromatic carbocycles. The number of hydrogen-bond donors (Lipinski definition) is 1. The number of rotatable bonds is 6. The molecule has 0 saturated heterocycles. The van der Waals surface area contributed by atoms with E-state index >= 15 is 0 Å². The van der Waals surface area contributed by atoms with E-state index in [1.807, 2.05) is 0 Å². The van der Waals surface area contributed by atoms with Crippen LogP contribution in [0.25, 0.3) is 5.82 Å². The lowest BCUT2D eigenvalue weighted by Gasteiger charge is -2.19. The van der Waals surface area contributed by atoms with Crippen molar-refractivity contribution in [2.75, 3.05) is 19.7 Å². The standard InChI is InChI=1S/C14H16N4O2/c1-2-6-17(8-9-19)14(20)12-3-4-13(16-10-12)18-7-5-15-11-18/h2-5,7,10-11,19H,1,6,8-9H2. The van der Waals surface area contributed by atoms with Gasteiger partial charge in [-0.1, -0.05) is 6.08 Å². The average molecular weight is 272 g/mol. The average Bonchev–Trinajstić information content (AvgIpc) is 3.01. The van der Waals surface area contributed by atoms with Crippen LogP contribution in [0, 0.1) is 0 Å². The molecule has 0 atom stereocenters. The molecule has 0 aliphatic rings. The van der Waals surface area contributed by atoms with Crippen LogP contribution in [-0.4, -0.2) is 50.1 Å². The molecule has 0 radical (unpaired) electrons. The molecule has 2 aromatic rings. The fourth-order valence-corrected chi connectivity index (χ4v) is 1.79. The number of hydrogen-bond acceptors (Lipinski definition) is 4. The molecule has 1 N–H and O–H groups in total. The van der Waals surface area contributed by atoms with Gasteiger partial charge < -0.3 is 10.0 Å². The highest BCUT2D eigenvalue weighted by atomic mass is 16.3. The van der Waals surface area contributed by atoms with Gasteiger partial charge in [-0.2, -0.15) is 0 Å². The quantitative estimate of drug-likeness (QED) is 0.793. The maximum Gasteiger partial charge on any atom is 0.255 e. The smallest absolute Gasteiger partial charge is 0.255 e. The first-order valence-electron chi connectivity index (χ1n) is 6.21. The van der Waals surface area contributed by atoms with E-state index in [1.54, 1.807) is 41.5 Å². The number of amides is 1. The summed E-state index contributed by atoms with van der Waals surface area (Å²) in [4.78, 5) is 21.9. The molecule has 0 bridgehead atoms. The van der Waals surface area contributed by atoms with Crippen molar-refractivity contribution >= 4 is 5.91 Å². The number of nitrogens with zero attached hydrogens (tertiary/aromatic N) is 4.